The van der Waals surface area contributed by atoms with E-state index < -0.39 is 12.1 Å². The molecule has 8 heteroatoms. The van der Waals surface area contributed by atoms with Crippen LogP contribution >= 0.6 is 15.9 Å². The molecular weight excluding hydrogens is 388 g/mol. The molecule has 0 aliphatic carbocycles. The maximum atomic E-state index is 12.4. The Morgan fingerprint density at radius 3 is 2.76 bits per heavy atom. The van der Waals surface area contributed by atoms with Gasteiger partial charge >= 0.3 is 5.97 Å². The van der Waals surface area contributed by atoms with Crippen molar-refractivity contribution in [3.63, 3.8) is 0 Å². The Balaban J connectivity index is 1.75. The van der Waals surface area contributed by atoms with Crippen molar-refractivity contribution >= 4 is 33.1 Å². The minimum absolute atomic E-state index is 0.00522. The second-order valence-corrected chi connectivity index (χ2v) is 6.69. The average Bonchev–Trinajstić information content (AvgIpc) is 2.97. The molecule has 0 saturated heterocycles. The Hall–Kier alpha value is -2.48. The monoisotopic (exact) mass is 404 g/mol. The first kappa shape index (κ1) is 17.3. The van der Waals surface area contributed by atoms with Crippen LogP contribution in [0.25, 0.3) is 11.2 Å². The molecule has 3 heterocycles. The van der Waals surface area contributed by atoms with Crippen molar-refractivity contribution in [2.45, 2.75) is 33.0 Å². The van der Waals surface area contributed by atoms with E-state index in [4.69, 9.17) is 9.47 Å². The smallest absolute Gasteiger partial charge is 0.340 e. The van der Waals surface area contributed by atoms with E-state index in [0.717, 1.165) is 9.99 Å². The first-order valence-electron chi connectivity index (χ1n) is 7.76. The molecule has 0 aromatic carbocycles. The summed E-state index contributed by atoms with van der Waals surface area (Å²) >= 11 is 3.36. The highest BCUT2D eigenvalue weighted by Crippen LogP contribution is 2.22. The molecule has 7 nitrogen and oxygen atoms in total. The van der Waals surface area contributed by atoms with Crippen LogP contribution in [0.15, 0.2) is 35.2 Å². The molecule has 3 aromatic heterocycles. The fourth-order valence-electron chi connectivity index (χ4n) is 2.24. The summed E-state index contributed by atoms with van der Waals surface area (Å²) in [6, 6.07) is 3.48. The van der Waals surface area contributed by atoms with Crippen LogP contribution in [0.4, 0.5) is 0 Å². The maximum Gasteiger partial charge on any atom is 0.340 e. The summed E-state index contributed by atoms with van der Waals surface area (Å²) in [6.45, 7) is 5.55. The second kappa shape index (κ2) is 7.18. The van der Waals surface area contributed by atoms with E-state index in [1.807, 2.05) is 19.9 Å². The average molecular weight is 405 g/mol. The number of pyridine rings is 2. The Morgan fingerprint density at radius 1 is 1.20 bits per heavy atom. The number of hydrogen-bond donors (Lipinski definition) is 1. The van der Waals surface area contributed by atoms with Gasteiger partial charge < -0.3 is 14.5 Å². The number of carbonyl (C=O) groups is 1. The lowest BCUT2D eigenvalue weighted by Crippen LogP contribution is -2.12. The van der Waals surface area contributed by atoms with Crippen LogP contribution < -0.4 is 4.74 Å². The van der Waals surface area contributed by atoms with Crippen molar-refractivity contribution in [3.8, 4) is 5.75 Å². The first-order valence-corrected chi connectivity index (χ1v) is 8.55. The summed E-state index contributed by atoms with van der Waals surface area (Å²) in [5.41, 5.74) is 1.65. The number of aromatic nitrogens is 4. The highest BCUT2D eigenvalue weighted by atomic mass is 79.9. The number of hydrogen-bond acceptors (Lipinski definition) is 6. The summed E-state index contributed by atoms with van der Waals surface area (Å²) in [5, 5.41) is 0. The van der Waals surface area contributed by atoms with Crippen LogP contribution in [0.1, 0.15) is 43.1 Å². The number of carbonyl (C=O) groups excluding carboxylic acids is 1. The maximum absolute atomic E-state index is 12.4. The third kappa shape index (κ3) is 4.14. The van der Waals surface area contributed by atoms with E-state index in [1.165, 1.54) is 6.20 Å². The standard InChI is InChI=1S/C17H17BrN4O3/c1-9(2)24-13-4-11(6-19-8-13)17(23)25-10(3)15-21-14-5-12(18)7-20-16(14)22-15/h4-10H,1-3H3,(H,20,21,22)/t10-/m0/s1. The number of nitrogens with zero attached hydrogens (tertiary/aromatic N) is 3. The minimum atomic E-state index is -0.560. The molecule has 0 unspecified atom stereocenters. The van der Waals surface area contributed by atoms with Crippen LogP contribution in [-0.4, -0.2) is 32.0 Å². The summed E-state index contributed by atoms with van der Waals surface area (Å²) in [6.07, 6.45) is 4.10. The molecule has 0 bridgehead atoms. The van der Waals surface area contributed by atoms with Crippen LogP contribution in [-0.2, 0) is 4.74 Å². The Morgan fingerprint density at radius 2 is 2.00 bits per heavy atom. The summed E-state index contributed by atoms with van der Waals surface area (Å²) < 4.78 is 11.9. The quantitative estimate of drug-likeness (QED) is 0.649. The molecule has 3 rings (SSSR count). The molecule has 0 spiro atoms. The van der Waals surface area contributed by atoms with Gasteiger partial charge in [-0.05, 0) is 48.8 Å². The number of nitrogens with one attached hydrogen (secondary N) is 1. The fraction of sp³-hybridized carbons (Fsp3) is 0.294. The number of H-pyrrole nitrogens is 1. The van der Waals surface area contributed by atoms with Crippen LogP contribution in [0.2, 0.25) is 0 Å². The molecule has 0 aliphatic rings. The van der Waals surface area contributed by atoms with E-state index in [-0.39, 0.29) is 6.10 Å². The van der Waals surface area contributed by atoms with E-state index in [2.05, 4.69) is 35.9 Å². The van der Waals surface area contributed by atoms with Gasteiger partial charge in [-0.25, -0.2) is 14.8 Å². The zero-order chi connectivity index (χ0) is 18.0. The molecular formula is C17H17BrN4O3. The fourth-order valence-corrected chi connectivity index (χ4v) is 2.57. The van der Waals surface area contributed by atoms with Crippen molar-refractivity contribution in [3.05, 3.63) is 46.6 Å². The number of halogens is 1. The number of aromatic amines is 1. The van der Waals surface area contributed by atoms with Gasteiger partial charge in [0.05, 0.1) is 23.4 Å². The van der Waals surface area contributed by atoms with Crippen molar-refractivity contribution < 1.29 is 14.3 Å². The lowest BCUT2D eigenvalue weighted by molar-refractivity contribution is 0.0320. The minimum Gasteiger partial charge on any atom is -0.489 e. The van der Waals surface area contributed by atoms with Gasteiger partial charge in [-0.15, -0.1) is 0 Å². The van der Waals surface area contributed by atoms with Crippen molar-refractivity contribution in [2.24, 2.45) is 0 Å². The first-order chi connectivity index (χ1) is 11.9. The number of rotatable bonds is 5. The SMILES string of the molecule is CC(C)Oc1cncc(C(=O)O[C@@H](C)c2nc3ncc(Br)cc3[nH]2)c1. The van der Waals surface area contributed by atoms with Gasteiger partial charge in [0.25, 0.3) is 0 Å². The third-order valence-electron chi connectivity index (χ3n) is 3.31. The molecule has 0 fully saturated rings. The predicted octanol–water partition coefficient (Wildman–Crippen LogP) is 3.82. The summed E-state index contributed by atoms with van der Waals surface area (Å²) in [7, 11) is 0. The summed E-state index contributed by atoms with van der Waals surface area (Å²) in [5.74, 6) is 0.551. The molecule has 25 heavy (non-hydrogen) atoms. The highest BCUT2D eigenvalue weighted by molar-refractivity contribution is 9.10. The zero-order valence-corrected chi connectivity index (χ0v) is 15.6. The summed E-state index contributed by atoms with van der Waals surface area (Å²) in [4.78, 5) is 28.0. The molecule has 1 atom stereocenters. The predicted molar refractivity (Wildman–Crippen MR) is 95.4 cm³/mol. The van der Waals surface area contributed by atoms with E-state index >= 15 is 0 Å². The molecule has 0 radical (unpaired) electrons. The number of fused-ring (bicyclic) bond motifs is 1. The molecule has 130 valence electrons. The lowest BCUT2D eigenvalue weighted by Gasteiger charge is -2.12. The third-order valence-corrected chi connectivity index (χ3v) is 3.75. The van der Waals surface area contributed by atoms with Gasteiger partial charge in [0.2, 0.25) is 0 Å². The van der Waals surface area contributed by atoms with Gasteiger partial charge in [0.1, 0.15) is 11.6 Å². The van der Waals surface area contributed by atoms with Crippen LogP contribution in [0.5, 0.6) is 5.75 Å². The van der Waals surface area contributed by atoms with Gasteiger partial charge in [0, 0.05) is 16.9 Å². The molecule has 0 amide bonds. The normalized spacial score (nSPS) is 12.4. The van der Waals surface area contributed by atoms with Gasteiger partial charge in [-0.3, -0.25) is 4.98 Å². The molecule has 1 N–H and O–H groups in total. The Bertz CT molecular complexity index is 910. The number of ether oxygens (including phenoxy) is 2. The van der Waals surface area contributed by atoms with Gasteiger partial charge in [0.15, 0.2) is 11.8 Å². The van der Waals surface area contributed by atoms with Gasteiger partial charge in [-0.2, -0.15) is 0 Å². The van der Waals surface area contributed by atoms with Crippen molar-refractivity contribution in [1.29, 1.82) is 0 Å². The Labute approximate surface area is 152 Å². The second-order valence-electron chi connectivity index (χ2n) is 5.77. The lowest BCUT2D eigenvalue weighted by atomic mass is 10.2. The number of imidazole rings is 1. The molecule has 3 aromatic rings. The van der Waals surface area contributed by atoms with E-state index in [0.29, 0.717) is 22.8 Å². The Kier molecular flexibility index (Phi) is 4.98. The highest BCUT2D eigenvalue weighted by Gasteiger charge is 2.18. The van der Waals surface area contributed by atoms with Crippen LogP contribution in [0.3, 0.4) is 0 Å². The number of esters is 1. The topological polar surface area (TPSA) is 90.0 Å². The molecule has 0 saturated carbocycles. The largest absolute Gasteiger partial charge is 0.489 e. The van der Waals surface area contributed by atoms with Crippen molar-refractivity contribution in [2.75, 3.05) is 0 Å². The van der Waals surface area contributed by atoms with Gasteiger partial charge in [-0.1, -0.05) is 0 Å². The van der Waals surface area contributed by atoms with Crippen molar-refractivity contribution in [1.82, 2.24) is 19.9 Å². The van der Waals surface area contributed by atoms with Crippen LogP contribution in [0, 0.1) is 0 Å². The zero-order valence-electron chi connectivity index (χ0n) is 14.0. The van der Waals surface area contributed by atoms with E-state index in [9.17, 15) is 4.79 Å². The van der Waals surface area contributed by atoms with E-state index in [1.54, 1.807) is 25.4 Å². The molecule has 0 aliphatic heterocycles.